The maximum atomic E-state index is 9.46. The van der Waals surface area contributed by atoms with Crippen molar-refractivity contribution in [3.05, 3.63) is 35.9 Å². The van der Waals surface area contributed by atoms with Crippen LogP contribution in [-0.4, -0.2) is 18.3 Å². The molecular formula is C12H15NO. The van der Waals surface area contributed by atoms with Crippen LogP contribution in [0.3, 0.4) is 0 Å². The van der Waals surface area contributed by atoms with Crippen LogP contribution in [-0.2, 0) is 0 Å². The molecule has 2 heteroatoms. The van der Waals surface area contributed by atoms with Gasteiger partial charge in [-0.1, -0.05) is 30.3 Å². The summed E-state index contributed by atoms with van der Waals surface area (Å²) in [6.45, 7) is 1.39. The number of benzene rings is 1. The monoisotopic (exact) mass is 189 g/mol. The molecule has 1 aromatic carbocycles. The van der Waals surface area contributed by atoms with Crippen molar-refractivity contribution in [2.75, 3.05) is 13.2 Å². The summed E-state index contributed by atoms with van der Waals surface area (Å²) < 4.78 is 0. The molecule has 1 aliphatic carbocycles. The van der Waals surface area contributed by atoms with Crippen molar-refractivity contribution in [1.29, 1.82) is 0 Å². The van der Waals surface area contributed by atoms with E-state index in [1.165, 1.54) is 12.0 Å². The minimum atomic E-state index is 0.168. The number of fused-ring (bicyclic) bond motifs is 1. The van der Waals surface area contributed by atoms with Crippen molar-refractivity contribution < 1.29 is 5.11 Å². The van der Waals surface area contributed by atoms with E-state index in [1.807, 2.05) is 6.07 Å². The third-order valence-corrected chi connectivity index (χ3v) is 3.85. The maximum Gasteiger partial charge on any atom is 0.0508 e. The third kappa shape index (κ3) is 0.983. The lowest BCUT2D eigenvalue weighted by molar-refractivity contribution is 0.185. The number of aliphatic hydroxyl groups excluding tert-OH is 1. The van der Waals surface area contributed by atoms with Gasteiger partial charge < -0.3 is 10.4 Å². The molecule has 3 rings (SSSR count). The fraction of sp³-hybridized carbons (Fsp3) is 0.500. The average molecular weight is 189 g/mol. The van der Waals surface area contributed by atoms with Crippen molar-refractivity contribution in [3.8, 4) is 0 Å². The minimum absolute atomic E-state index is 0.168. The molecule has 1 saturated carbocycles. The fourth-order valence-corrected chi connectivity index (χ4v) is 2.87. The molecule has 1 saturated heterocycles. The Morgan fingerprint density at radius 1 is 1.36 bits per heavy atom. The summed E-state index contributed by atoms with van der Waals surface area (Å²) in [5, 5.41) is 13.0. The lowest BCUT2D eigenvalue weighted by Crippen LogP contribution is -2.25. The summed E-state index contributed by atoms with van der Waals surface area (Å²) in [4.78, 5) is 0. The highest BCUT2D eigenvalue weighted by Gasteiger charge is 2.62. The van der Waals surface area contributed by atoms with Crippen LogP contribution in [0.1, 0.15) is 18.0 Å². The number of hydrogen-bond donors (Lipinski definition) is 2. The van der Waals surface area contributed by atoms with Crippen molar-refractivity contribution in [2.45, 2.75) is 12.5 Å². The molecule has 0 bridgehead atoms. The summed E-state index contributed by atoms with van der Waals surface area (Å²) in [5.74, 6) is 0.706. The number of piperidine rings is 1. The molecule has 3 unspecified atom stereocenters. The van der Waals surface area contributed by atoms with Gasteiger partial charge in [-0.3, -0.25) is 0 Å². The normalized spacial score (nSPS) is 39.5. The highest BCUT2D eigenvalue weighted by atomic mass is 16.3. The van der Waals surface area contributed by atoms with Crippen LogP contribution in [0.2, 0.25) is 0 Å². The topological polar surface area (TPSA) is 32.3 Å². The van der Waals surface area contributed by atoms with Crippen molar-refractivity contribution in [1.82, 2.24) is 5.32 Å². The standard InChI is InChI=1S/C12H15NO/c14-8-12-6-10(12)7-13-11(12)9-4-2-1-3-5-9/h1-5,10-11,13-14H,6-8H2. The summed E-state index contributed by atoms with van der Waals surface area (Å²) in [7, 11) is 0. The Morgan fingerprint density at radius 3 is 2.79 bits per heavy atom. The quantitative estimate of drug-likeness (QED) is 0.735. The van der Waals surface area contributed by atoms with Gasteiger partial charge in [0.05, 0.1) is 6.61 Å². The van der Waals surface area contributed by atoms with Gasteiger partial charge >= 0.3 is 0 Å². The van der Waals surface area contributed by atoms with Crippen LogP contribution in [0.5, 0.6) is 0 Å². The lowest BCUT2D eigenvalue weighted by Gasteiger charge is -2.21. The van der Waals surface area contributed by atoms with Gasteiger partial charge in [0.1, 0.15) is 0 Å². The molecule has 3 atom stereocenters. The summed E-state index contributed by atoms with van der Waals surface area (Å²) in [5.41, 5.74) is 1.49. The SMILES string of the molecule is OCC12CC1CNC2c1ccccc1. The average Bonchev–Trinajstić information content (AvgIpc) is 2.87. The van der Waals surface area contributed by atoms with Crippen LogP contribution in [0.15, 0.2) is 30.3 Å². The van der Waals surface area contributed by atoms with E-state index in [9.17, 15) is 5.11 Å². The molecule has 1 aliphatic heterocycles. The van der Waals surface area contributed by atoms with E-state index >= 15 is 0 Å². The molecule has 0 radical (unpaired) electrons. The van der Waals surface area contributed by atoms with Gasteiger partial charge in [0, 0.05) is 11.5 Å². The van der Waals surface area contributed by atoms with Gasteiger partial charge in [0.25, 0.3) is 0 Å². The van der Waals surface area contributed by atoms with Crippen molar-refractivity contribution in [2.24, 2.45) is 11.3 Å². The first-order chi connectivity index (χ1) is 6.87. The summed E-state index contributed by atoms with van der Waals surface area (Å²) in [6, 6.07) is 10.8. The van der Waals surface area contributed by atoms with Gasteiger partial charge in [-0.2, -0.15) is 0 Å². The van der Waals surface area contributed by atoms with Gasteiger partial charge in [0.15, 0.2) is 0 Å². The number of rotatable bonds is 2. The number of aliphatic hydroxyl groups is 1. The predicted octanol–water partition coefficient (Wildman–Crippen LogP) is 1.33. The fourth-order valence-electron chi connectivity index (χ4n) is 2.87. The molecule has 0 aromatic heterocycles. The molecule has 2 N–H and O–H groups in total. The summed E-state index contributed by atoms with van der Waals surface area (Å²) >= 11 is 0. The lowest BCUT2D eigenvalue weighted by atomic mass is 9.91. The van der Waals surface area contributed by atoms with E-state index in [1.54, 1.807) is 0 Å². The molecule has 0 amide bonds. The van der Waals surface area contributed by atoms with Crippen molar-refractivity contribution >= 4 is 0 Å². The smallest absolute Gasteiger partial charge is 0.0508 e. The Balaban J connectivity index is 1.93. The maximum absolute atomic E-state index is 9.46. The number of hydrogen-bond acceptors (Lipinski definition) is 2. The highest BCUT2D eigenvalue weighted by molar-refractivity contribution is 5.28. The van der Waals surface area contributed by atoms with E-state index in [-0.39, 0.29) is 5.41 Å². The van der Waals surface area contributed by atoms with Crippen LogP contribution in [0.4, 0.5) is 0 Å². The van der Waals surface area contributed by atoms with E-state index < -0.39 is 0 Å². The first-order valence-electron chi connectivity index (χ1n) is 5.26. The Morgan fingerprint density at radius 2 is 2.14 bits per heavy atom. The first-order valence-corrected chi connectivity index (χ1v) is 5.26. The molecule has 14 heavy (non-hydrogen) atoms. The Kier molecular flexibility index (Phi) is 1.70. The molecular weight excluding hydrogens is 174 g/mol. The zero-order chi connectivity index (χ0) is 9.60. The second-order valence-electron chi connectivity index (χ2n) is 4.54. The molecule has 2 nitrogen and oxygen atoms in total. The van der Waals surface area contributed by atoms with Gasteiger partial charge in [0.2, 0.25) is 0 Å². The van der Waals surface area contributed by atoms with Crippen molar-refractivity contribution in [3.63, 3.8) is 0 Å². The molecule has 1 heterocycles. The van der Waals surface area contributed by atoms with Crippen LogP contribution in [0, 0.1) is 11.3 Å². The largest absolute Gasteiger partial charge is 0.396 e. The Bertz CT molecular complexity index is 333. The first kappa shape index (κ1) is 8.45. The van der Waals surface area contributed by atoms with Crippen LogP contribution < -0.4 is 5.32 Å². The number of nitrogens with one attached hydrogen (secondary N) is 1. The third-order valence-electron chi connectivity index (χ3n) is 3.85. The Hall–Kier alpha value is -0.860. The van der Waals surface area contributed by atoms with Gasteiger partial charge in [-0.15, -0.1) is 0 Å². The minimum Gasteiger partial charge on any atom is -0.396 e. The van der Waals surface area contributed by atoms with Crippen LogP contribution >= 0.6 is 0 Å². The van der Waals surface area contributed by atoms with Crippen LogP contribution in [0.25, 0.3) is 0 Å². The summed E-state index contributed by atoms with van der Waals surface area (Å²) in [6.07, 6.45) is 1.19. The second kappa shape index (κ2) is 2.81. The predicted molar refractivity (Wildman–Crippen MR) is 54.8 cm³/mol. The zero-order valence-electron chi connectivity index (χ0n) is 8.11. The molecule has 74 valence electrons. The van der Waals surface area contributed by atoms with E-state index in [2.05, 4.69) is 29.6 Å². The zero-order valence-corrected chi connectivity index (χ0v) is 8.11. The molecule has 1 aromatic rings. The highest BCUT2D eigenvalue weighted by Crippen LogP contribution is 2.63. The van der Waals surface area contributed by atoms with E-state index in [4.69, 9.17) is 0 Å². The second-order valence-corrected chi connectivity index (χ2v) is 4.54. The van der Waals surface area contributed by atoms with Gasteiger partial charge in [-0.05, 0) is 24.4 Å². The van der Waals surface area contributed by atoms with Gasteiger partial charge in [-0.25, -0.2) is 0 Å². The Labute approximate surface area is 84.0 Å². The molecule has 2 fully saturated rings. The van der Waals surface area contributed by atoms with E-state index in [0.29, 0.717) is 18.6 Å². The van der Waals surface area contributed by atoms with E-state index in [0.717, 1.165) is 6.54 Å². The molecule has 0 spiro atoms. The molecule has 2 aliphatic rings.